The second kappa shape index (κ2) is 7.35. The molecule has 0 aliphatic heterocycles. The molecule has 1 unspecified atom stereocenters. The van der Waals surface area contributed by atoms with Crippen molar-refractivity contribution >= 4 is 12.0 Å². The van der Waals surface area contributed by atoms with Crippen LogP contribution in [0.25, 0.3) is 6.08 Å². The number of nitrogens with zero attached hydrogens (tertiary/aromatic N) is 3. The van der Waals surface area contributed by atoms with Gasteiger partial charge in [-0.15, -0.1) is 0 Å². The molecule has 1 aliphatic rings. The van der Waals surface area contributed by atoms with Crippen LogP contribution in [0.3, 0.4) is 0 Å². The molecule has 4 rings (SSSR count). The van der Waals surface area contributed by atoms with Gasteiger partial charge in [-0.05, 0) is 41.7 Å². The monoisotopic (exact) mass is 345 g/mol. The third-order valence-electron chi connectivity index (χ3n) is 4.50. The number of aromatic nitrogens is 3. The first-order chi connectivity index (χ1) is 12.8. The smallest absolute Gasteiger partial charge is 0.338 e. The lowest BCUT2D eigenvalue weighted by Gasteiger charge is -2.19. The average molecular weight is 345 g/mol. The van der Waals surface area contributed by atoms with Crippen LogP contribution in [0.2, 0.25) is 0 Å². The van der Waals surface area contributed by atoms with Crippen LogP contribution in [0.1, 0.15) is 39.6 Å². The number of ether oxygens (including phenoxy) is 1. The van der Waals surface area contributed by atoms with E-state index in [4.69, 9.17) is 4.74 Å². The zero-order valence-corrected chi connectivity index (χ0v) is 14.3. The molecule has 0 fully saturated rings. The van der Waals surface area contributed by atoms with Crippen molar-refractivity contribution < 1.29 is 9.53 Å². The maximum absolute atomic E-state index is 12.8. The van der Waals surface area contributed by atoms with Gasteiger partial charge in [-0.2, -0.15) is 5.10 Å². The highest BCUT2D eigenvalue weighted by molar-refractivity contribution is 5.90. The molecule has 1 atom stereocenters. The van der Waals surface area contributed by atoms with E-state index in [9.17, 15) is 4.79 Å². The topological polar surface area (TPSA) is 57.0 Å². The Morgan fingerprint density at radius 1 is 1.19 bits per heavy atom. The SMILES string of the molecule is O=C(OC(Cn1cncn1)c1ccccc1)c1ccc2c(c1)CCC=C2. The Morgan fingerprint density at radius 2 is 2.08 bits per heavy atom. The molecule has 5 heteroatoms. The molecule has 26 heavy (non-hydrogen) atoms. The maximum Gasteiger partial charge on any atom is 0.338 e. The van der Waals surface area contributed by atoms with Gasteiger partial charge in [0.05, 0.1) is 12.1 Å². The Morgan fingerprint density at radius 3 is 2.88 bits per heavy atom. The Bertz CT molecular complexity index is 918. The van der Waals surface area contributed by atoms with E-state index in [1.54, 1.807) is 11.0 Å². The Kier molecular flexibility index (Phi) is 4.60. The molecule has 0 saturated heterocycles. The van der Waals surface area contributed by atoms with Crippen molar-refractivity contribution in [2.75, 3.05) is 0 Å². The molecule has 1 aromatic heterocycles. The van der Waals surface area contributed by atoms with Crippen molar-refractivity contribution in [3.8, 4) is 0 Å². The number of benzene rings is 2. The fourth-order valence-corrected chi connectivity index (χ4v) is 3.13. The molecule has 3 aromatic rings. The summed E-state index contributed by atoms with van der Waals surface area (Å²) in [5.74, 6) is -0.323. The minimum Gasteiger partial charge on any atom is -0.452 e. The molecule has 1 aliphatic carbocycles. The van der Waals surface area contributed by atoms with Gasteiger partial charge >= 0.3 is 5.97 Å². The van der Waals surface area contributed by atoms with E-state index in [-0.39, 0.29) is 5.97 Å². The summed E-state index contributed by atoms with van der Waals surface area (Å²) < 4.78 is 7.51. The summed E-state index contributed by atoms with van der Waals surface area (Å²) in [6.07, 6.45) is 8.88. The Labute approximate surface area is 152 Å². The first-order valence-corrected chi connectivity index (χ1v) is 8.67. The van der Waals surface area contributed by atoms with E-state index >= 15 is 0 Å². The molecule has 1 heterocycles. The van der Waals surface area contributed by atoms with Gasteiger partial charge in [0.15, 0.2) is 0 Å². The molecule has 0 radical (unpaired) electrons. The van der Waals surface area contributed by atoms with Crippen LogP contribution in [-0.2, 0) is 17.7 Å². The maximum atomic E-state index is 12.8. The largest absolute Gasteiger partial charge is 0.452 e. The van der Waals surface area contributed by atoms with Crippen LogP contribution in [0, 0.1) is 0 Å². The molecule has 5 nitrogen and oxygen atoms in total. The number of hydrogen-bond donors (Lipinski definition) is 0. The highest BCUT2D eigenvalue weighted by Crippen LogP contribution is 2.24. The molecule has 0 bridgehead atoms. The summed E-state index contributed by atoms with van der Waals surface area (Å²) in [4.78, 5) is 16.7. The van der Waals surface area contributed by atoms with Gasteiger partial charge in [0, 0.05) is 0 Å². The number of esters is 1. The zero-order valence-electron chi connectivity index (χ0n) is 14.3. The Balaban J connectivity index is 1.57. The second-order valence-corrected chi connectivity index (χ2v) is 6.28. The van der Waals surface area contributed by atoms with Crippen molar-refractivity contribution in [1.82, 2.24) is 14.8 Å². The lowest BCUT2D eigenvalue weighted by Crippen LogP contribution is -2.18. The number of allylic oxidation sites excluding steroid dienone is 1. The lowest BCUT2D eigenvalue weighted by atomic mass is 9.95. The number of aryl methyl sites for hydroxylation is 1. The van der Waals surface area contributed by atoms with Gasteiger partial charge < -0.3 is 4.74 Å². The highest BCUT2D eigenvalue weighted by Gasteiger charge is 2.20. The van der Waals surface area contributed by atoms with Crippen molar-refractivity contribution in [3.63, 3.8) is 0 Å². The van der Waals surface area contributed by atoms with Gasteiger partial charge in [-0.25, -0.2) is 14.5 Å². The summed E-state index contributed by atoms with van der Waals surface area (Å²) in [6.45, 7) is 0.420. The van der Waals surface area contributed by atoms with Gasteiger partial charge in [0.25, 0.3) is 0 Å². The highest BCUT2D eigenvalue weighted by atomic mass is 16.5. The number of fused-ring (bicyclic) bond motifs is 1. The number of carbonyl (C=O) groups excluding carboxylic acids is 1. The van der Waals surface area contributed by atoms with Crippen LogP contribution < -0.4 is 0 Å². The minimum absolute atomic E-state index is 0.323. The van der Waals surface area contributed by atoms with E-state index < -0.39 is 6.10 Å². The van der Waals surface area contributed by atoms with Crippen LogP contribution in [0.15, 0.2) is 67.3 Å². The van der Waals surface area contributed by atoms with Crippen molar-refractivity contribution in [3.05, 3.63) is 89.5 Å². The standard InChI is InChI=1S/C21H19N3O2/c25-21(19-11-10-16-6-4-5-9-18(16)12-19)26-20(13-24-15-22-14-23-24)17-7-2-1-3-8-17/h1-4,6-8,10-12,14-15,20H,5,9,13H2. The molecule has 0 saturated carbocycles. The number of hydrogen-bond acceptors (Lipinski definition) is 4. The van der Waals surface area contributed by atoms with Gasteiger partial charge in [-0.3, -0.25) is 0 Å². The fourth-order valence-electron chi connectivity index (χ4n) is 3.13. The molecule has 130 valence electrons. The third kappa shape index (κ3) is 3.57. The van der Waals surface area contributed by atoms with Crippen LogP contribution >= 0.6 is 0 Å². The van der Waals surface area contributed by atoms with Crippen LogP contribution in [-0.4, -0.2) is 20.7 Å². The Hall–Kier alpha value is -3.21. The zero-order chi connectivity index (χ0) is 17.8. The quantitative estimate of drug-likeness (QED) is 0.659. The van der Waals surface area contributed by atoms with Crippen molar-refractivity contribution in [1.29, 1.82) is 0 Å². The summed E-state index contributed by atoms with van der Waals surface area (Å²) in [7, 11) is 0. The van der Waals surface area contributed by atoms with E-state index in [0.717, 1.165) is 18.4 Å². The molecule has 0 N–H and O–H groups in total. The third-order valence-corrected chi connectivity index (χ3v) is 4.50. The molecule has 0 spiro atoms. The normalized spacial score (nSPS) is 13.8. The van der Waals surface area contributed by atoms with Crippen LogP contribution in [0.5, 0.6) is 0 Å². The fraction of sp³-hybridized carbons (Fsp3) is 0.190. The molecular formula is C21H19N3O2. The summed E-state index contributed by atoms with van der Waals surface area (Å²) in [6, 6.07) is 15.5. The van der Waals surface area contributed by atoms with E-state index in [2.05, 4.69) is 22.2 Å². The summed E-state index contributed by atoms with van der Waals surface area (Å²) in [5, 5.41) is 4.13. The van der Waals surface area contributed by atoms with E-state index in [0.29, 0.717) is 12.1 Å². The van der Waals surface area contributed by atoms with Gasteiger partial charge in [-0.1, -0.05) is 48.6 Å². The summed E-state index contributed by atoms with van der Waals surface area (Å²) in [5.41, 5.74) is 3.88. The van der Waals surface area contributed by atoms with Crippen molar-refractivity contribution in [2.24, 2.45) is 0 Å². The van der Waals surface area contributed by atoms with E-state index in [1.807, 2.05) is 48.5 Å². The molecule has 0 amide bonds. The summed E-state index contributed by atoms with van der Waals surface area (Å²) >= 11 is 0. The first-order valence-electron chi connectivity index (χ1n) is 8.67. The minimum atomic E-state index is -0.429. The number of rotatable bonds is 5. The molecular weight excluding hydrogens is 326 g/mol. The second-order valence-electron chi connectivity index (χ2n) is 6.28. The van der Waals surface area contributed by atoms with Gasteiger partial charge in [0.1, 0.15) is 18.8 Å². The van der Waals surface area contributed by atoms with Gasteiger partial charge in [0.2, 0.25) is 0 Å². The number of carbonyl (C=O) groups is 1. The average Bonchev–Trinajstić information content (AvgIpc) is 3.21. The van der Waals surface area contributed by atoms with E-state index in [1.165, 1.54) is 17.5 Å². The van der Waals surface area contributed by atoms with Crippen LogP contribution in [0.4, 0.5) is 0 Å². The first kappa shape index (κ1) is 16.3. The predicted octanol–water partition coefficient (Wildman–Crippen LogP) is 3.84. The van der Waals surface area contributed by atoms with Crippen molar-refractivity contribution in [2.45, 2.75) is 25.5 Å². The lowest BCUT2D eigenvalue weighted by molar-refractivity contribution is 0.0246. The predicted molar refractivity (Wildman–Crippen MR) is 98.4 cm³/mol. The molecule has 2 aromatic carbocycles.